The highest BCUT2D eigenvalue weighted by atomic mass is 19.1. The van der Waals surface area contributed by atoms with Gasteiger partial charge in [-0.2, -0.15) is 0 Å². The fraction of sp³-hybridized carbons (Fsp3) is 0.471. The largest absolute Gasteiger partial charge is 0.491 e. The summed E-state index contributed by atoms with van der Waals surface area (Å²) in [6, 6.07) is 4.48. The minimum atomic E-state index is -0.496. The van der Waals surface area contributed by atoms with Crippen LogP contribution >= 0.6 is 0 Å². The standard InChI is InChI=1S/C17H23FO4/c1-5-13(4)22-14-7-8-16(15(18)10-14)21-11-12(3)9-17(19)20-6-2/h7-10,13H,5-6,11H2,1-4H3/b12-9+. The van der Waals surface area contributed by atoms with Gasteiger partial charge in [0.1, 0.15) is 12.4 Å². The minimum absolute atomic E-state index is 0.0286. The van der Waals surface area contributed by atoms with Crippen LogP contribution in [0.1, 0.15) is 34.1 Å². The Morgan fingerprint density at radius 2 is 2.09 bits per heavy atom. The highest BCUT2D eigenvalue weighted by Crippen LogP contribution is 2.24. The van der Waals surface area contributed by atoms with Gasteiger partial charge in [-0.25, -0.2) is 9.18 Å². The zero-order chi connectivity index (χ0) is 16.5. The predicted molar refractivity (Wildman–Crippen MR) is 82.7 cm³/mol. The van der Waals surface area contributed by atoms with E-state index in [0.717, 1.165) is 6.42 Å². The topological polar surface area (TPSA) is 44.8 Å². The van der Waals surface area contributed by atoms with E-state index in [0.29, 0.717) is 17.9 Å². The van der Waals surface area contributed by atoms with Crippen molar-refractivity contribution in [2.45, 2.75) is 40.2 Å². The number of hydrogen-bond donors (Lipinski definition) is 0. The Balaban J connectivity index is 2.61. The number of carbonyl (C=O) groups excluding carboxylic acids is 1. The van der Waals surface area contributed by atoms with Gasteiger partial charge in [-0.05, 0) is 44.9 Å². The lowest BCUT2D eigenvalue weighted by molar-refractivity contribution is -0.137. The fourth-order valence-corrected chi connectivity index (χ4v) is 1.61. The number of benzene rings is 1. The molecule has 0 heterocycles. The van der Waals surface area contributed by atoms with E-state index in [1.165, 1.54) is 18.2 Å². The third-order valence-corrected chi connectivity index (χ3v) is 2.92. The maximum Gasteiger partial charge on any atom is 0.330 e. The molecule has 0 aliphatic heterocycles. The molecule has 0 aliphatic rings. The van der Waals surface area contributed by atoms with Crippen LogP contribution in [0, 0.1) is 5.82 Å². The summed E-state index contributed by atoms with van der Waals surface area (Å²) in [5.41, 5.74) is 0.651. The van der Waals surface area contributed by atoms with E-state index in [2.05, 4.69) is 0 Å². The average Bonchev–Trinajstić information content (AvgIpc) is 2.46. The molecule has 0 N–H and O–H groups in total. The van der Waals surface area contributed by atoms with Gasteiger partial charge >= 0.3 is 5.97 Å². The number of carbonyl (C=O) groups is 1. The Morgan fingerprint density at radius 1 is 1.36 bits per heavy atom. The van der Waals surface area contributed by atoms with E-state index < -0.39 is 11.8 Å². The number of rotatable bonds is 8. The molecule has 1 atom stereocenters. The van der Waals surface area contributed by atoms with E-state index in [1.54, 1.807) is 19.9 Å². The highest BCUT2D eigenvalue weighted by Gasteiger charge is 2.08. The molecule has 0 saturated heterocycles. The molecule has 1 aromatic rings. The van der Waals surface area contributed by atoms with Crippen molar-refractivity contribution in [2.75, 3.05) is 13.2 Å². The molecule has 0 aliphatic carbocycles. The first-order valence-electron chi connectivity index (χ1n) is 7.39. The van der Waals surface area contributed by atoms with Crippen molar-refractivity contribution in [2.24, 2.45) is 0 Å². The summed E-state index contributed by atoms with van der Waals surface area (Å²) in [5, 5.41) is 0. The Morgan fingerprint density at radius 3 is 2.68 bits per heavy atom. The van der Waals surface area contributed by atoms with Gasteiger partial charge < -0.3 is 14.2 Å². The summed E-state index contributed by atoms with van der Waals surface area (Å²) in [6.07, 6.45) is 2.21. The van der Waals surface area contributed by atoms with Crippen LogP contribution in [0.5, 0.6) is 11.5 Å². The van der Waals surface area contributed by atoms with Crippen LogP contribution in [0.3, 0.4) is 0 Å². The van der Waals surface area contributed by atoms with Crippen molar-refractivity contribution in [1.29, 1.82) is 0 Å². The van der Waals surface area contributed by atoms with Crippen LogP contribution < -0.4 is 9.47 Å². The molecule has 4 nitrogen and oxygen atoms in total. The average molecular weight is 310 g/mol. The summed E-state index contributed by atoms with van der Waals surface area (Å²) in [6.45, 7) is 7.80. The maximum atomic E-state index is 13.9. The molecule has 0 aromatic heterocycles. The molecule has 0 bridgehead atoms. The van der Waals surface area contributed by atoms with E-state index in [9.17, 15) is 9.18 Å². The van der Waals surface area contributed by atoms with E-state index in [1.807, 2.05) is 13.8 Å². The SMILES string of the molecule is CCOC(=O)/C=C(\C)COc1ccc(OC(C)CC)cc1F. The van der Waals surface area contributed by atoms with Crippen molar-refractivity contribution in [3.8, 4) is 11.5 Å². The van der Waals surface area contributed by atoms with Crippen LogP contribution in [0.4, 0.5) is 4.39 Å². The summed E-state index contributed by atoms with van der Waals surface area (Å²) in [7, 11) is 0. The third-order valence-electron chi connectivity index (χ3n) is 2.92. The number of halogens is 1. The van der Waals surface area contributed by atoms with Gasteiger partial charge in [0, 0.05) is 12.1 Å². The van der Waals surface area contributed by atoms with Crippen LogP contribution in [0.25, 0.3) is 0 Å². The van der Waals surface area contributed by atoms with Crippen molar-refractivity contribution in [3.05, 3.63) is 35.7 Å². The van der Waals surface area contributed by atoms with Crippen molar-refractivity contribution in [3.63, 3.8) is 0 Å². The lowest BCUT2D eigenvalue weighted by Gasteiger charge is -2.14. The Bertz CT molecular complexity index is 525. The molecule has 0 spiro atoms. The molecule has 5 heteroatoms. The second-order valence-corrected chi connectivity index (χ2v) is 4.96. The van der Waals surface area contributed by atoms with Crippen molar-refractivity contribution in [1.82, 2.24) is 0 Å². The lowest BCUT2D eigenvalue weighted by Crippen LogP contribution is -2.10. The van der Waals surface area contributed by atoms with Crippen molar-refractivity contribution < 1.29 is 23.4 Å². The highest BCUT2D eigenvalue weighted by molar-refractivity contribution is 5.82. The number of ether oxygens (including phenoxy) is 3. The van der Waals surface area contributed by atoms with Crippen LogP contribution in [-0.2, 0) is 9.53 Å². The lowest BCUT2D eigenvalue weighted by atomic mass is 10.2. The van der Waals surface area contributed by atoms with E-state index in [-0.39, 0.29) is 18.5 Å². The molecule has 122 valence electrons. The predicted octanol–water partition coefficient (Wildman–Crippen LogP) is 3.89. The van der Waals surface area contributed by atoms with Crippen molar-refractivity contribution >= 4 is 5.97 Å². The van der Waals surface area contributed by atoms with Gasteiger partial charge in [0.2, 0.25) is 0 Å². The van der Waals surface area contributed by atoms with Gasteiger partial charge in [-0.15, -0.1) is 0 Å². The molecule has 0 saturated carbocycles. The first-order valence-corrected chi connectivity index (χ1v) is 7.39. The summed E-state index contributed by atoms with van der Waals surface area (Å²) in [4.78, 5) is 11.3. The number of hydrogen-bond acceptors (Lipinski definition) is 4. The summed E-state index contributed by atoms with van der Waals surface area (Å²) in [5.74, 6) is -0.336. The molecular weight excluding hydrogens is 287 g/mol. The van der Waals surface area contributed by atoms with E-state index in [4.69, 9.17) is 14.2 Å². The molecule has 0 fully saturated rings. The molecular formula is C17H23FO4. The maximum absolute atomic E-state index is 13.9. The normalized spacial score (nSPS) is 12.7. The minimum Gasteiger partial charge on any atom is -0.491 e. The summed E-state index contributed by atoms with van der Waals surface area (Å²) < 4.78 is 29.6. The Hall–Kier alpha value is -2.04. The quantitative estimate of drug-likeness (QED) is 0.540. The second-order valence-electron chi connectivity index (χ2n) is 4.96. The van der Waals surface area contributed by atoms with Gasteiger partial charge in [-0.1, -0.05) is 6.92 Å². The van der Waals surface area contributed by atoms with Gasteiger partial charge in [0.05, 0.1) is 12.7 Å². The van der Waals surface area contributed by atoms with Crippen LogP contribution in [0.2, 0.25) is 0 Å². The van der Waals surface area contributed by atoms with E-state index >= 15 is 0 Å². The van der Waals surface area contributed by atoms with Gasteiger partial charge in [-0.3, -0.25) is 0 Å². The number of esters is 1. The molecule has 22 heavy (non-hydrogen) atoms. The zero-order valence-corrected chi connectivity index (χ0v) is 13.5. The molecule has 1 aromatic carbocycles. The molecule has 1 unspecified atom stereocenters. The van der Waals surface area contributed by atoms with Crippen LogP contribution in [0.15, 0.2) is 29.8 Å². The third kappa shape index (κ3) is 6.16. The molecule has 1 rings (SSSR count). The molecule has 0 radical (unpaired) electrons. The smallest absolute Gasteiger partial charge is 0.330 e. The first kappa shape index (κ1) is 18.0. The summed E-state index contributed by atoms with van der Waals surface area (Å²) >= 11 is 0. The van der Waals surface area contributed by atoms with Crippen LogP contribution in [-0.4, -0.2) is 25.3 Å². The Labute approximate surface area is 130 Å². The van der Waals surface area contributed by atoms with Gasteiger partial charge in [0.15, 0.2) is 11.6 Å². The fourth-order valence-electron chi connectivity index (χ4n) is 1.61. The molecule has 0 amide bonds. The Kier molecular flexibility index (Phi) is 7.43. The monoisotopic (exact) mass is 310 g/mol. The first-order chi connectivity index (χ1) is 10.5. The second kappa shape index (κ2) is 9.07. The van der Waals surface area contributed by atoms with Gasteiger partial charge in [0.25, 0.3) is 0 Å². The zero-order valence-electron chi connectivity index (χ0n) is 13.5.